The van der Waals surface area contributed by atoms with E-state index in [4.69, 9.17) is 23.2 Å². The first-order chi connectivity index (χ1) is 6.66. The van der Waals surface area contributed by atoms with E-state index < -0.39 is 0 Å². The van der Waals surface area contributed by atoms with Crippen molar-refractivity contribution in [3.8, 4) is 0 Å². The molecule has 0 radical (unpaired) electrons. The Morgan fingerprint density at radius 1 is 1.50 bits per heavy atom. The van der Waals surface area contributed by atoms with Crippen LogP contribution < -0.4 is 0 Å². The van der Waals surface area contributed by atoms with Gasteiger partial charge in [-0.25, -0.2) is 0 Å². The number of halogens is 2. The van der Waals surface area contributed by atoms with Gasteiger partial charge in [-0.2, -0.15) is 16.9 Å². The molecule has 1 aromatic rings. The third kappa shape index (κ3) is 3.07. The molecule has 1 rings (SSSR count). The molecule has 2 nitrogen and oxygen atoms in total. The summed E-state index contributed by atoms with van der Waals surface area (Å²) in [4.78, 5) is 0. The van der Waals surface area contributed by atoms with E-state index in [2.05, 4.69) is 5.10 Å². The van der Waals surface area contributed by atoms with Crippen LogP contribution >= 0.6 is 35.0 Å². The van der Waals surface area contributed by atoms with E-state index in [9.17, 15) is 0 Å². The third-order valence-electron chi connectivity index (χ3n) is 1.92. The number of aryl methyl sites for hydroxylation is 2. The normalized spacial score (nSPS) is 10.9. The topological polar surface area (TPSA) is 17.8 Å². The summed E-state index contributed by atoms with van der Waals surface area (Å²) in [5.41, 5.74) is 2.01. The number of hydrogen-bond acceptors (Lipinski definition) is 2. The monoisotopic (exact) mass is 252 g/mol. The summed E-state index contributed by atoms with van der Waals surface area (Å²) < 4.78 is 1.85. The molecule has 5 heteroatoms. The molecule has 14 heavy (non-hydrogen) atoms. The highest BCUT2D eigenvalue weighted by Crippen LogP contribution is 2.23. The minimum atomic E-state index is 0.727. The van der Waals surface area contributed by atoms with E-state index in [-0.39, 0.29) is 0 Å². The summed E-state index contributed by atoms with van der Waals surface area (Å²) in [6.07, 6.45) is 1.04. The molecule has 0 amide bonds. The van der Waals surface area contributed by atoms with Gasteiger partial charge in [-0.15, -0.1) is 11.6 Å². The van der Waals surface area contributed by atoms with E-state index >= 15 is 0 Å². The van der Waals surface area contributed by atoms with Crippen LogP contribution in [0.15, 0.2) is 0 Å². The van der Waals surface area contributed by atoms with Gasteiger partial charge in [0.2, 0.25) is 0 Å². The van der Waals surface area contributed by atoms with E-state index in [1.165, 1.54) is 0 Å². The van der Waals surface area contributed by atoms with Crippen molar-refractivity contribution in [2.75, 3.05) is 11.6 Å². The van der Waals surface area contributed by atoms with Gasteiger partial charge in [0.15, 0.2) is 0 Å². The predicted molar refractivity (Wildman–Crippen MR) is 64.5 cm³/mol. The van der Waals surface area contributed by atoms with Gasteiger partial charge in [0.25, 0.3) is 0 Å². The van der Waals surface area contributed by atoms with E-state index in [1.54, 1.807) is 0 Å². The van der Waals surface area contributed by atoms with Crippen molar-refractivity contribution in [3.63, 3.8) is 0 Å². The van der Waals surface area contributed by atoms with Gasteiger partial charge in [0.1, 0.15) is 0 Å². The molecule has 0 aliphatic heterocycles. The molecule has 0 saturated heterocycles. The van der Waals surface area contributed by atoms with E-state index in [0.717, 1.165) is 40.2 Å². The number of aromatic nitrogens is 2. The van der Waals surface area contributed by atoms with Crippen LogP contribution in [-0.2, 0) is 12.8 Å². The van der Waals surface area contributed by atoms with Crippen LogP contribution in [-0.4, -0.2) is 21.4 Å². The molecule has 80 valence electrons. The zero-order valence-corrected chi connectivity index (χ0v) is 10.7. The fourth-order valence-electron chi connectivity index (χ4n) is 1.16. The lowest BCUT2D eigenvalue weighted by Crippen LogP contribution is -1.97. The van der Waals surface area contributed by atoms with Crippen molar-refractivity contribution >= 4 is 35.0 Å². The average molecular weight is 253 g/mol. The first kappa shape index (κ1) is 12.2. The van der Waals surface area contributed by atoms with Crippen molar-refractivity contribution in [2.45, 2.75) is 19.1 Å². The minimum Gasteiger partial charge on any atom is -0.270 e. The Hall–Kier alpha value is 0.140. The predicted octanol–water partition coefficient (Wildman–Crippen LogP) is 3.24. The van der Waals surface area contributed by atoms with Gasteiger partial charge in [0.05, 0.1) is 16.4 Å². The fraction of sp³-hybridized carbons (Fsp3) is 0.667. The molecule has 0 atom stereocenters. The molecule has 0 fully saturated rings. The molecule has 0 aliphatic carbocycles. The summed E-state index contributed by atoms with van der Waals surface area (Å²) in [6, 6.07) is 0. The summed E-state index contributed by atoms with van der Waals surface area (Å²) in [5, 5.41) is 5.05. The van der Waals surface area contributed by atoms with Crippen LogP contribution in [0, 0.1) is 6.92 Å². The number of nitrogens with zero attached hydrogens (tertiary/aromatic N) is 2. The van der Waals surface area contributed by atoms with Crippen LogP contribution in [0.4, 0.5) is 0 Å². The smallest absolute Gasteiger partial charge is 0.0855 e. The van der Waals surface area contributed by atoms with Crippen molar-refractivity contribution in [1.82, 2.24) is 9.78 Å². The van der Waals surface area contributed by atoms with Gasteiger partial charge in [-0.3, -0.25) is 4.68 Å². The lowest BCUT2D eigenvalue weighted by molar-refractivity contribution is 0.727. The van der Waals surface area contributed by atoms with Gasteiger partial charge >= 0.3 is 0 Å². The molecule has 0 aromatic carbocycles. The Morgan fingerprint density at radius 3 is 2.71 bits per heavy atom. The van der Waals surface area contributed by atoms with Crippen molar-refractivity contribution in [2.24, 2.45) is 7.05 Å². The lowest BCUT2D eigenvalue weighted by Gasteiger charge is -2.01. The third-order valence-corrected chi connectivity index (χ3v) is 3.74. The largest absolute Gasteiger partial charge is 0.270 e. The highest BCUT2D eigenvalue weighted by atomic mass is 35.5. The van der Waals surface area contributed by atoms with Crippen molar-refractivity contribution in [3.05, 3.63) is 16.4 Å². The zero-order valence-electron chi connectivity index (χ0n) is 8.39. The number of thioether (sulfide) groups is 1. The molecule has 1 heterocycles. The minimum absolute atomic E-state index is 0.727. The highest BCUT2D eigenvalue weighted by Gasteiger charge is 2.10. The van der Waals surface area contributed by atoms with E-state index in [0.29, 0.717) is 0 Å². The molecule has 0 spiro atoms. The summed E-state index contributed by atoms with van der Waals surface area (Å²) in [7, 11) is 1.93. The molecule has 0 N–H and O–H groups in total. The van der Waals surface area contributed by atoms with Crippen LogP contribution in [0.5, 0.6) is 0 Å². The van der Waals surface area contributed by atoms with Crippen LogP contribution in [0.1, 0.15) is 17.8 Å². The molecule has 0 bridgehead atoms. The maximum absolute atomic E-state index is 6.10. The maximum atomic E-state index is 6.10. The van der Waals surface area contributed by atoms with Crippen LogP contribution in [0.3, 0.4) is 0 Å². The first-order valence-electron chi connectivity index (χ1n) is 4.48. The Labute approximate surface area is 99.0 Å². The summed E-state index contributed by atoms with van der Waals surface area (Å²) in [6.45, 7) is 1.93. The maximum Gasteiger partial charge on any atom is 0.0855 e. The number of hydrogen-bond donors (Lipinski definition) is 0. The average Bonchev–Trinajstić information content (AvgIpc) is 2.38. The second-order valence-electron chi connectivity index (χ2n) is 3.06. The zero-order chi connectivity index (χ0) is 10.6. The summed E-state index contributed by atoms with van der Waals surface area (Å²) >= 11 is 13.5. The second kappa shape index (κ2) is 5.89. The molecular formula is C9H14Cl2N2S. The molecule has 1 aromatic heterocycles. The molecule has 0 aliphatic rings. The number of rotatable bonds is 5. The molecule has 0 saturated carbocycles. The van der Waals surface area contributed by atoms with Gasteiger partial charge in [-0.1, -0.05) is 11.6 Å². The Bertz CT molecular complexity index is 299. The number of alkyl halides is 1. The van der Waals surface area contributed by atoms with Gasteiger partial charge < -0.3 is 0 Å². The SMILES string of the molecule is Cc1nn(C)c(CSCCCCl)c1Cl. The lowest BCUT2D eigenvalue weighted by atomic mass is 10.4. The highest BCUT2D eigenvalue weighted by molar-refractivity contribution is 7.98. The van der Waals surface area contributed by atoms with Gasteiger partial charge in [-0.05, 0) is 19.1 Å². The molecular weight excluding hydrogens is 239 g/mol. The Balaban J connectivity index is 2.49. The standard InChI is InChI=1S/C9H14Cl2N2S/c1-7-9(11)8(13(2)12-7)6-14-5-3-4-10/h3-6H2,1-2H3. The fourth-order valence-corrected chi connectivity index (χ4v) is 2.78. The first-order valence-corrected chi connectivity index (χ1v) is 6.55. The Morgan fingerprint density at radius 2 is 2.21 bits per heavy atom. The van der Waals surface area contributed by atoms with Crippen molar-refractivity contribution in [1.29, 1.82) is 0 Å². The van der Waals surface area contributed by atoms with E-state index in [1.807, 2.05) is 30.4 Å². The quantitative estimate of drug-likeness (QED) is 0.592. The van der Waals surface area contributed by atoms with Crippen molar-refractivity contribution < 1.29 is 0 Å². The second-order valence-corrected chi connectivity index (χ2v) is 4.93. The summed E-state index contributed by atoms with van der Waals surface area (Å²) in [5.74, 6) is 2.71. The van der Waals surface area contributed by atoms with Crippen LogP contribution in [0.2, 0.25) is 5.02 Å². The van der Waals surface area contributed by atoms with Crippen LogP contribution in [0.25, 0.3) is 0 Å². The van der Waals surface area contributed by atoms with Gasteiger partial charge in [0, 0.05) is 18.7 Å². The molecule has 0 unspecified atom stereocenters. The Kier molecular flexibility index (Phi) is 5.13.